The zero-order valence-corrected chi connectivity index (χ0v) is 12.6. The van der Waals surface area contributed by atoms with E-state index in [0.717, 1.165) is 0 Å². The van der Waals surface area contributed by atoms with Crippen molar-refractivity contribution in [1.29, 1.82) is 5.26 Å². The van der Waals surface area contributed by atoms with Crippen molar-refractivity contribution in [3.05, 3.63) is 58.2 Å². The first-order chi connectivity index (χ1) is 10.1. The molecule has 4 nitrogen and oxygen atoms in total. The third-order valence-corrected chi connectivity index (χ3v) is 3.53. The molecule has 0 saturated carbocycles. The molecule has 0 unspecified atom stereocenters. The number of nitriles is 1. The Morgan fingerprint density at radius 1 is 1.43 bits per heavy atom. The molecule has 0 radical (unpaired) electrons. The van der Waals surface area contributed by atoms with Crippen LogP contribution in [0.15, 0.2) is 45.5 Å². The molecule has 0 fully saturated rings. The van der Waals surface area contributed by atoms with Crippen molar-refractivity contribution in [2.45, 2.75) is 13.0 Å². The number of carbonyl (C=O) groups excluding carboxylic acids is 1. The highest BCUT2D eigenvalue weighted by molar-refractivity contribution is 9.10. The minimum Gasteiger partial charge on any atom is -0.467 e. The van der Waals surface area contributed by atoms with Gasteiger partial charge in [0.2, 0.25) is 0 Å². The summed E-state index contributed by atoms with van der Waals surface area (Å²) in [4.78, 5) is 14.0. The van der Waals surface area contributed by atoms with Gasteiger partial charge in [-0.2, -0.15) is 5.26 Å². The molecule has 6 heteroatoms. The maximum atomic E-state index is 13.1. The van der Waals surface area contributed by atoms with E-state index < -0.39 is 5.82 Å². The maximum Gasteiger partial charge on any atom is 0.255 e. The van der Waals surface area contributed by atoms with Gasteiger partial charge in [0.1, 0.15) is 11.6 Å². The van der Waals surface area contributed by atoms with Gasteiger partial charge in [0.25, 0.3) is 5.91 Å². The Balaban J connectivity index is 2.22. The minimum atomic E-state index is -0.423. The van der Waals surface area contributed by atoms with E-state index in [1.165, 1.54) is 29.4 Å². The molecule has 21 heavy (non-hydrogen) atoms. The molecule has 0 atom stereocenters. The Labute approximate surface area is 129 Å². The summed E-state index contributed by atoms with van der Waals surface area (Å²) in [6, 6.07) is 9.39. The third-order valence-electron chi connectivity index (χ3n) is 2.87. The summed E-state index contributed by atoms with van der Waals surface area (Å²) in [5.74, 6) is -0.0823. The van der Waals surface area contributed by atoms with Gasteiger partial charge in [-0.15, -0.1) is 0 Å². The van der Waals surface area contributed by atoms with Crippen LogP contribution >= 0.6 is 15.9 Å². The van der Waals surface area contributed by atoms with Crippen molar-refractivity contribution >= 4 is 21.8 Å². The summed E-state index contributed by atoms with van der Waals surface area (Å²) in [5, 5.41) is 8.71. The normalized spacial score (nSPS) is 10.1. The van der Waals surface area contributed by atoms with Crippen LogP contribution in [0.4, 0.5) is 4.39 Å². The van der Waals surface area contributed by atoms with Crippen molar-refractivity contribution in [2.75, 3.05) is 6.54 Å². The van der Waals surface area contributed by atoms with Crippen molar-refractivity contribution < 1.29 is 13.6 Å². The summed E-state index contributed by atoms with van der Waals surface area (Å²) in [6.07, 6.45) is 1.74. The predicted molar refractivity (Wildman–Crippen MR) is 77.8 cm³/mol. The quantitative estimate of drug-likeness (QED) is 0.825. The maximum absolute atomic E-state index is 13.1. The number of amides is 1. The Morgan fingerprint density at radius 2 is 2.24 bits per heavy atom. The van der Waals surface area contributed by atoms with Gasteiger partial charge in [-0.1, -0.05) is 0 Å². The van der Waals surface area contributed by atoms with Gasteiger partial charge in [0, 0.05) is 11.0 Å². The number of hydrogen-bond donors (Lipinski definition) is 0. The molecule has 2 aromatic rings. The van der Waals surface area contributed by atoms with Gasteiger partial charge in [-0.25, -0.2) is 4.39 Å². The third kappa shape index (κ3) is 3.92. The van der Waals surface area contributed by atoms with E-state index in [-0.39, 0.29) is 25.4 Å². The Bertz CT molecular complexity index is 665. The first-order valence-electron chi connectivity index (χ1n) is 6.25. The number of hydrogen-bond acceptors (Lipinski definition) is 3. The Morgan fingerprint density at radius 3 is 2.86 bits per heavy atom. The first kappa shape index (κ1) is 15.3. The fourth-order valence-electron chi connectivity index (χ4n) is 1.86. The molecule has 1 heterocycles. The number of furan rings is 1. The lowest BCUT2D eigenvalue weighted by atomic mass is 10.2. The lowest BCUT2D eigenvalue weighted by Crippen LogP contribution is -2.31. The number of halogens is 2. The Hall–Kier alpha value is -2.13. The smallest absolute Gasteiger partial charge is 0.255 e. The summed E-state index contributed by atoms with van der Waals surface area (Å²) in [7, 11) is 0. The second-order valence-electron chi connectivity index (χ2n) is 4.34. The molecule has 1 aromatic carbocycles. The molecule has 0 aliphatic rings. The fraction of sp³-hybridized carbons (Fsp3) is 0.200. The monoisotopic (exact) mass is 350 g/mol. The lowest BCUT2D eigenvalue weighted by Gasteiger charge is -2.21. The molecular weight excluding hydrogens is 339 g/mol. The van der Waals surface area contributed by atoms with Crippen LogP contribution in [-0.4, -0.2) is 17.4 Å². The van der Waals surface area contributed by atoms with Crippen LogP contribution < -0.4 is 0 Å². The second-order valence-corrected chi connectivity index (χ2v) is 5.19. The molecule has 1 amide bonds. The van der Waals surface area contributed by atoms with Crippen LogP contribution in [0.2, 0.25) is 0 Å². The largest absolute Gasteiger partial charge is 0.467 e. The topological polar surface area (TPSA) is 57.2 Å². The van der Waals surface area contributed by atoms with Crippen LogP contribution in [0.25, 0.3) is 0 Å². The van der Waals surface area contributed by atoms with Gasteiger partial charge >= 0.3 is 0 Å². The van der Waals surface area contributed by atoms with E-state index in [1.807, 2.05) is 6.07 Å². The van der Waals surface area contributed by atoms with Crippen LogP contribution in [-0.2, 0) is 6.54 Å². The molecule has 0 bridgehead atoms. The summed E-state index contributed by atoms with van der Waals surface area (Å²) < 4.78 is 18.7. The second kappa shape index (κ2) is 7.04. The average molecular weight is 351 g/mol. The van der Waals surface area contributed by atoms with Gasteiger partial charge in [-0.3, -0.25) is 4.79 Å². The standard InChI is InChI=1S/C15H12BrFN2O2/c16-14-9-11(17)4-5-13(14)15(20)19(7-2-6-18)10-12-3-1-8-21-12/h1,3-5,8-9H,2,7,10H2. The SMILES string of the molecule is N#CCCN(Cc1ccco1)C(=O)c1ccc(F)cc1Br. The molecule has 108 valence electrons. The predicted octanol–water partition coefficient (Wildman–Crippen LogP) is 3.74. The van der Waals surface area contributed by atoms with E-state index in [1.54, 1.807) is 12.1 Å². The summed E-state index contributed by atoms with van der Waals surface area (Å²) in [6.45, 7) is 0.539. The molecule has 1 aromatic heterocycles. The lowest BCUT2D eigenvalue weighted by molar-refractivity contribution is 0.0734. The van der Waals surface area contributed by atoms with Crippen LogP contribution in [0.3, 0.4) is 0 Å². The molecule has 0 aliphatic heterocycles. The molecule has 0 N–H and O–H groups in total. The molecule has 0 saturated heterocycles. The van der Waals surface area contributed by atoms with Crippen molar-refractivity contribution in [3.8, 4) is 6.07 Å². The highest BCUT2D eigenvalue weighted by Gasteiger charge is 2.19. The number of carbonyl (C=O) groups is 1. The zero-order valence-electron chi connectivity index (χ0n) is 11.1. The zero-order chi connectivity index (χ0) is 15.2. The van der Waals surface area contributed by atoms with Crippen LogP contribution in [0.1, 0.15) is 22.5 Å². The first-order valence-corrected chi connectivity index (χ1v) is 7.05. The molecular formula is C15H12BrFN2O2. The van der Waals surface area contributed by atoms with Gasteiger partial charge in [-0.05, 0) is 46.3 Å². The minimum absolute atomic E-state index is 0.214. The van der Waals surface area contributed by atoms with Crippen LogP contribution in [0.5, 0.6) is 0 Å². The van der Waals surface area contributed by atoms with Gasteiger partial charge < -0.3 is 9.32 Å². The number of nitrogens with zero attached hydrogens (tertiary/aromatic N) is 2. The van der Waals surface area contributed by atoms with E-state index in [0.29, 0.717) is 15.8 Å². The van der Waals surface area contributed by atoms with E-state index in [4.69, 9.17) is 9.68 Å². The van der Waals surface area contributed by atoms with Crippen molar-refractivity contribution in [1.82, 2.24) is 4.90 Å². The Kier molecular flexibility index (Phi) is 5.12. The highest BCUT2D eigenvalue weighted by Crippen LogP contribution is 2.21. The average Bonchev–Trinajstić information content (AvgIpc) is 2.95. The summed E-state index contributed by atoms with van der Waals surface area (Å²) >= 11 is 3.19. The van der Waals surface area contributed by atoms with Gasteiger partial charge in [0.05, 0.1) is 30.9 Å². The van der Waals surface area contributed by atoms with E-state index >= 15 is 0 Å². The molecule has 2 rings (SSSR count). The number of rotatable bonds is 5. The van der Waals surface area contributed by atoms with Crippen molar-refractivity contribution in [2.24, 2.45) is 0 Å². The molecule has 0 spiro atoms. The molecule has 0 aliphatic carbocycles. The fourth-order valence-corrected chi connectivity index (χ4v) is 2.38. The van der Waals surface area contributed by atoms with Gasteiger partial charge in [0.15, 0.2) is 0 Å². The van der Waals surface area contributed by atoms with Crippen LogP contribution in [0, 0.1) is 17.1 Å². The van der Waals surface area contributed by atoms with E-state index in [9.17, 15) is 9.18 Å². The highest BCUT2D eigenvalue weighted by atomic mass is 79.9. The van der Waals surface area contributed by atoms with E-state index in [2.05, 4.69) is 15.9 Å². The number of benzene rings is 1. The van der Waals surface area contributed by atoms with Crippen molar-refractivity contribution in [3.63, 3.8) is 0 Å². The summed E-state index contributed by atoms with van der Waals surface area (Å²) in [5.41, 5.74) is 0.348.